The van der Waals surface area contributed by atoms with Crippen molar-refractivity contribution >= 4 is 43.8 Å². The van der Waals surface area contributed by atoms with Crippen LogP contribution in [0.5, 0.6) is 0 Å². The van der Waals surface area contributed by atoms with Gasteiger partial charge in [-0.15, -0.1) is 0 Å². The number of nitrogens with two attached hydrogens (primary N) is 1. The first kappa shape index (κ1) is 94.7. The normalized spacial score (nSPS) is 22.7. The van der Waals surface area contributed by atoms with Gasteiger partial charge in [-0.1, -0.05) is 85.8 Å². The zero-order chi connectivity index (χ0) is 55.1. The Labute approximate surface area is 467 Å². The van der Waals surface area contributed by atoms with Crippen LogP contribution in [0, 0.1) is 58.2 Å². The maximum atomic E-state index is 12.3. The van der Waals surface area contributed by atoms with E-state index in [0.717, 1.165) is 19.1 Å². The van der Waals surface area contributed by atoms with Gasteiger partial charge in [0.1, 0.15) is 22.8 Å². The van der Waals surface area contributed by atoms with Gasteiger partial charge in [-0.2, -0.15) is 10.5 Å². The van der Waals surface area contributed by atoms with Gasteiger partial charge in [0.25, 0.3) is 0 Å². The van der Waals surface area contributed by atoms with Gasteiger partial charge in [0.2, 0.25) is 20.0 Å². The van der Waals surface area contributed by atoms with Crippen molar-refractivity contribution in [3.05, 3.63) is 12.2 Å². The number of hydrogen-bond acceptors (Lipinski definition) is 16. The van der Waals surface area contributed by atoms with Crippen LogP contribution in [0.1, 0.15) is 176 Å². The van der Waals surface area contributed by atoms with E-state index in [4.69, 9.17) is 25.7 Å². The molecule has 22 heteroatoms. The summed E-state index contributed by atoms with van der Waals surface area (Å²) in [4.78, 5) is 49.1. The SMILES string of the molecule is C.C.C.C.C.C.C.C/C=C/C#N.CC(=O)C(C)CN.CC(=O)C(C)CN(C(=O)OC(C)(C)C)C(C)CC#N.CC1CN(C(=O)OC(C)(C)C)C(C)C(CNS(C)(=O)=O)C1O.CC1NCC(C)C(C)(O)C1CNS(C)(=O)=O. The van der Waals surface area contributed by atoms with Crippen molar-refractivity contribution in [3.8, 4) is 12.1 Å². The third-order valence-corrected chi connectivity index (χ3v) is 12.9. The zero-order valence-electron chi connectivity index (χ0n) is 45.0. The summed E-state index contributed by atoms with van der Waals surface area (Å²) < 4.78 is 60.3. The van der Waals surface area contributed by atoms with Crippen LogP contribution in [0.25, 0.3) is 0 Å². The Balaban J connectivity index is -0.0000000935. The van der Waals surface area contributed by atoms with Gasteiger partial charge in [0.15, 0.2) is 0 Å². The number of Topliss-reactive ketones (excluding diaryl/α,β-unsaturated/α-hetero) is 2. The number of carbonyl (C=O) groups excluding carboxylic acids is 4. The quantitative estimate of drug-likeness (QED) is 0.0939. The molecule has 0 aliphatic carbocycles. The van der Waals surface area contributed by atoms with Crippen LogP contribution in [0.3, 0.4) is 0 Å². The molecular weight excluding hydrogens is 1020 g/mol. The predicted octanol–water partition coefficient (Wildman–Crippen LogP) is 8.78. The van der Waals surface area contributed by atoms with E-state index in [1.165, 1.54) is 17.9 Å². The second kappa shape index (κ2) is 43.2. The lowest BCUT2D eigenvalue weighted by molar-refractivity contribution is -0.121. The Morgan fingerprint density at radius 1 is 0.842 bits per heavy atom. The Kier molecular flexibility index (Phi) is 53.8. The minimum absolute atomic E-state index is 0. The minimum atomic E-state index is -3.35. The Bertz CT molecular complexity index is 1930. The molecule has 0 radical (unpaired) electrons. The highest BCUT2D eigenvalue weighted by Gasteiger charge is 2.44. The van der Waals surface area contributed by atoms with Crippen LogP contribution in [0.15, 0.2) is 12.2 Å². The first-order valence-electron chi connectivity index (χ1n) is 23.2. The molecule has 2 heterocycles. The number of nitrogens with one attached hydrogen (secondary N) is 3. The summed E-state index contributed by atoms with van der Waals surface area (Å²) in [6, 6.07) is 3.37. The molecule has 0 bridgehead atoms. The number of allylic oxidation sites excluding steroid dienone is 2. The smallest absolute Gasteiger partial charge is 0.410 e. The molecule has 11 unspecified atom stereocenters. The number of amides is 2. The largest absolute Gasteiger partial charge is 0.444 e. The molecule has 2 aliphatic heterocycles. The van der Waals surface area contributed by atoms with Crippen LogP contribution in [0.2, 0.25) is 0 Å². The summed E-state index contributed by atoms with van der Waals surface area (Å²) in [5.74, 6) is -0.601. The number of ether oxygens (including phenoxy) is 2. The van der Waals surface area contributed by atoms with E-state index in [1.807, 2.05) is 46.8 Å². The van der Waals surface area contributed by atoms with Gasteiger partial charge < -0.3 is 40.5 Å². The predicted molar refractivity (Wildman–Crippen MR) is 316 cm³/mol. The van der Waals surface area contributed by atoms with Crippen LogP contribution in [0.4, 0.5) is 9.59 Å². The molecule has 76 heavy (non-hydrogen) atoms. The molecule has 2 rings (SSSR count). The molecule has 458 valence electrons. The maximum Gasteiger partial charge on any atom is 0.410 e. The van der Waals surface area contributed by atoms with Crippen molar-refractivity contribution in [2.45, 2.75) is 217 Å². The third kappa shape index (κ3) is 41.4. The van der Waals surface area contributed by atoms with E-state index in [-0.39, 0.29) is 143 Å². The van der Waals surface area contributed by atoms with Crippen LogP contribution < -0.4 is 20.5 Å². The fourth-order valence-electron chi connectivity index (χ4n) is 6.49. The molecule has 2 saturated heterocycles. The fourth-order valence-corrected chi connectivity index (χ4v) is 7.47. The van der Waals surface area contributed by atoms with E-state index in [9.17, 15) is 46.2 Å². The summed E-state index contributed by atoms with van der Waals surface area (Å²) in [7, 11) is -6.55. The molecule has 7 N–H and O–H groups in total. The molecule has 0 aromatic carbocycles. The van der Waals surface area contributed by atoms with Gasteiger partial charge in [-0.3, -0.25) is 9.59 Å². The zero-order valence-corrected chi connectivity index (χ0v) is 46.7. The number of piperidine rings is 2. The Hall–Kier alpha value is -3.74. The summed E-state index contributed by atoms with van der Waals surface area (Å²) in [5.41, 5.74) is 3.11. The number of sulfonamides is 2. The van der Waals surface area contributed by atoms with E-state index in [1.54, 1.807) is 87.1 Å². The number of nitriles is 2. The topological polar surface area (TPSA) is 312 Å². The van der Waals surface area contributed by atoms with Gasteiger partial charge in [-0.05, 0) is 95.9 Å². The Morgan fingerprint density at radius 3 is 1.61 bits per heavy atom. The van der Waals surface area contributed by atoms with Gasteiger partial charge in [-0.25, -0.2) is 35.9 Å². The second-order valence-corrected chi connectivity index (χ2v) is 24.1. The van der Waals surface area contributed by atoms with E-state index in [2.05, 4.69) is 14.8 Å². The van der Waals surface area contributed by atoms with Crippen LogP contribution >= 0.6 is 0 Å². The van der Waals surface area contributed by atoms with Crippen LogP contribution in [-0.2, 0) is 39.1 Å². The highest BCUT2D eigenvalue weighted by Crippen LogP contribution is 2.32. The summed E-state index contributed by atoms with van der Waals surface area (Å²) >= 11 is 0. The van der Waals surface area contributed by atoms with Crippen LogP contribution in [-0.4, -0.2) is 153 Å². The lowest BCUT2D eigenvalue weighted by Crippen LogP contribution is -2.61. The molecule has 0 saturated carbocycles. The van der Waals surface area contributed by atoms with Crippen molar-refractivity contribution in [2.24, 2.45) is 41.2 Å². The van der Waals surface area contributed by atoms with Crippen molar-refractivity contribution < 1.29 is 55.7 Å². The monoisotopic (exact) mass is 1130 g/mol. The molecular formula is C54H118N8O12S2. The summed E-state index contributed by atoms with van der Waals surface area (Å²) in [5, 5.41) is 40.5. The number of likely N-dealkylation sites (tertiary alicyclic amines) is 1. The molecule has 0 spiro atoms. The van der Waals surface area contributed by atoms with Gasteiger partial charge >= 0.3 is 12.2 Å². The van der Waals surface area contributed by atoms with E-state index >= 15 is 0 Å². The molecule has 0 aromatic heterocycles. The molecule has 2 aliphatic rings. The number of nitrogens with zero attached hydrogens (tertiary/aromatic N) is 4. The molecule has 20 nitrogen and oxygen atoms in total. The number of ketones is 2. The van der Waals surface area contributed by atoms with Crippen molar-refractivity contribution in [3.63, 3.8) is 0 Å². The summed E-state index contributed by atoms with van der Waals surface area (Å²) in [6.07, 6.45) is 3.94. The molecule has 2 amide bonds. The number of hydrogen-bond donors (Lipinski definition) is 6. The number of carbonyl (C=O) groups is 4. The average molecular weight is 1140 g/mol. The van der Waals surface area contributed by atoms with E-state index < -0.39 is 55.1 Å². The van der Waals surface area contributed by atoms with Crippen molar-refractivity contribution in [2.75, 3.05) is 51.8 Å². The lowest BCUT2D eigenvalue weighted by atomic mass is 9.73. The first-order valence-corrected chi connectivity index (χ1v) is 27.0. The number of aliphatic hydroxyl groups is 2. The highest BCUT2D eigenvalue weighted by molar-refractivity contribution is 7.89. The molecule has 2 fully saturated rings. The minimum Gasteiger partial charge on any atom is -0.444 e. The maximum absolute atomic E-state index is 12.3. The number of rotatable bonds is 13. The van der Waals surface area contributed by atoms with Gasteiger partial charge in [0, 0.05) is 93.1 Å². The first-order chi connectivity index (χ1) is 31.1. The third-order valence-electron chi connectivity index (χ3n) is 11.5. The lowest BCUT2D eigenvalue weighted by Gasteiger charge is -2.46. The standard InChI is InChI=1S/C14H28N2O5S.C14H24N2O3.C10H22N2O3S.C5H11NO.C4H5N.7CH4/c1-9-8-16(13(18)21-14(3,4)5)10(2)11(12(9)17)7-15-22(6,19)20;1-10(12(3)17)9-16(11(2)7-8-15)13(18)19-14(4,5)6;1-7-5-11-8(2)9(10(7,3)13)6-12-16(4,14)15;1-4(3-6)5(2)7;1-2-3-4-5;;;;;;;/h9-12,15,17H,7-8H2,1-6H3;10-11H,7,9H2,1-6H3;7-9,11-13H,5-6H2,1-4H3;4H,3,6H2,1-2H3;2-3H,1H3;7*1H4/b;;;;3-2+;;;;;;;. The Morgan fingerprint density at radius 2 is 1.28 bits per heavy atom. The van der Waals surface area contributed by atoms with Gasteiger partial charge in [0.05, 0.1) is 42.8 Å². The number of aliphatic hydroxyl groups excluding tert-OH is 1. The van der Waals surface area contributed by atoms with Crippen molar-refractivity contribution in [1.82, 2.24) is 24.6 Å². The van der Waals surface area contributed by atoms with E-state index in [0.29, 0.717) is 13.1 Å². The fraction of sp³-hybridized carbons (Fsp3) is 0.852. The average Bonchev–Trinajstić information content (AvgIpc) is 3.18. The molecule has 0 aromatic rings. The highest BCUT2D eigenvalue weighted by atomic mass is 32.2. The second-order valence-electron chi connectivity index (χ2n) is 20.4. The van der Waals surface area contributed by atoms with Crippen molar-refractivity contribution in [1.29, 1.82) is 10.5 Å². The summed E-state index contributed by atoms with van der Waals surface area (Å²) in [6.45, 7) is 32.5. The molecule has 11 atom stereocenters.